The van der Waals surface area contributed by atoms with Crippen molar-refractivity contribution in [1.82, 2.24) is 0 Å². The Morgan fingerprint density at radius 1 is 1.27 bits per heavy atom. The Morgan fingerprint density at radius 2 is 2.00 bits per heavy atom. The molecule has 0 aromatic carbocycles. The Morgan fingerprint density at radius 3 is 2.45 bits per heavy atom. The zero-order chi connectivity index (χ0) is 8.27. The number of hydrogen-bond acceptors (Lipinski definition) is 3. The van der Waals surface area contributed by atoms with Gasteiger partial charge in [0.1, 0.15) is 0 Å². The highest BCUT2D eigenvalue weighted by Crippen LogP contribution is 2.26. The van der Waals surface area contributed by atoms with Gasteiger partial charge in [0.15, 0.2) is 0 Å². The predicted molar refractivity (Wildman–Crippen MR) is 41.0 cm³/mol. The van der Waals surface area contributed by atoms with Crippen LogP contribution in [0.4, 0.5) is 0 Å². The van der Waals surface area contributed by atoms with Gasteiger partial charge in [-0.3, -0.25) is 0 Å². The number of aliphatic hydroxyl groups is 3. The van der Waals surface area contributed by atoms with Crippen LogP contribution in [0.1, 0.15) is 12.8 Å². The third-order valence-electron chi connectivity index (χ3n) is 2.04. The van der Waals surface area contributed by atoms with Gasteiger partial charge in [0.2, 0.25) is 0 Å². The first-order valence-corrected chi connectivity index (χ1v) is 3.87. The van der Waals surface area contributed by atoms with Crippen molar-refractivity contribution < 1.29 is 15.3 Å². The fraction of sp³-hybridized carbons (Fsp3) is 0.750. The molecule has 64 valence electrons. The van der Waals surface area contributed by atoms with E-state index in [1.54, 1.807) is 12.2 Å². The summed E-state index contributed by atoms with van der Waals surface area (Å²) in [5.41, 5.74) is 0. The van der Waals surface area contributed by atoms with Gasteiger partial charge in [0.25, 0.3) is 0 Å². The summed E-state index contributed by atoms with van der Waals surface area (Å²) in [5.74, 6) is 0.0251. The molecule has 0 radical (unpaired) electrons. The fourth-order valence-corrected chi connectivity index (χ4v) is 1.46. The van der Waals surface area contributed by atoms with Crippen molar-refractivity contribution in [2.45, 2.75) is 25.0 Å². The summed E-state index contributed by atoms with van der Waals surface area (Å²) < 4.78 is 0. The third-order valence-corrected chi connectivity index (χ3v) is 2.04. The van der Waals surface area contributed by atoms with Crippen LogP contribution in [-0.2, 0) is 0 Å². The topological polar surface area (TPSA) is 60.7 Å². The van der Waals surface area contributed by atoms with Crippen molar-refractivity contribution in [3.63, 3.8) is 0 Å². The minimum absolute atomic E-state index is 0.000679. The van der Waals surface area contributed by atoms with Crippen molar-refractivity contribution >= 4 is 0 Å². The van der Waals surface area contributed by atoms with Gasteiger partial charge in [-0.05, 0) is 12.8 Å². The van der Waals surface area contributed by atoms with Gasteiger partial charge in [-0.2, -0.15) is 0 Å². The van der Waals surface area contributed by atoms with E-state index in [-0.39, 0.29) is 18.6 Å². The smallest absolute Gasteiger partial charge is 0.0628 e. The van der Waals surface area contributed by atoms with Gasteiger partial charge >= 0.3 is 0 Å². The standard InChI is InChI=1S/C8H14O3/c9-3-1-2-6-4-7(10)5-8(6)11/h1-2,6-11H,3-5H2/b2-1+/t6-,7-,8-/m1/s1. The van der Waals surface area contributed by atoms with Crippen LogP contribution in [0.3, 0.4) is 0 Å². The molecule has 0 aromatic rings. The lowest BCUT2D eigenvalue weighted by atomic mass is 10.1. The van der Waals surface area contributed by atoms with Crippen LogP contribution in [-0.4, -0.2) is 34.1 Å². The zero-order valence-corrected chi connectivity index (χ0v) is 6.35. The lowest BCUT2D eigenvalue weighted by molar-refractivity contribution is 0.129. The van der Waals surface area contributed by atoms with Gasteiger partial charge in [-0.1, -0.05) is 12.2 Å². The Labute approximate surface area is 66.0 Å². The van der Waals surface area contributed by atoms with Crippen LogP contribution in [0.5, 0.6) is 0 Å². The maximum absolute atomic E-state index is 9.29. The van der Waals surface area contributed by atoms with Crippen LogP contribution < -0.4 is 0 Å². The normalized spacial score (nSPS) is 38.6. The molecule has 0 unspecified atom stereocenters. The van der Waals surface area contributed by atoms with Crippen LogP contribution in [0.15, 0.2) is 12.2 Å². The third kappa shape index (κ3) is 2.29. The van der Waals surface area contributed by atoms with E-state index in [1.165, 1.54) is 0 Å². The maximum Gasteiger partial charge on any atom is 0.0628 e. The summed E-state index contributed by atoms with van der Waals surface area (Å²) in [5, 5.41) is 26.9. The first-order chi connectivity index (χ1) is 5.24. The second-order valence-electron chi connectivity index (χ2n) is 2.97. The summed E-state index contributed by atoms with van der Waals surface area (Å²) in [7, 11) is 0. The molecule has 0 heterocycles. The van der Waals surface area contributed by atoms with Crippen molar-refractivity contribution in [3.05, 3.63) is 12.2 Å². The van der Waals surface area contributed by atoms with E-state index >= 15 is 0 Å². The number of aliphatic hydroxyl groups excluding tert-OH is 3. The largest absolute Gasteiger partial charge is 0.393 e. The van der Waals surface area contributed by atoms with Crippen LogP contribution in [0.2, 0.25) is 0 Å². The molecule has 3 atom stereocenters. The quantitative estimate of drug-likeness (QED) is 0.482. The molecule has 3 N–H and O–H groups in total. The van der Waals surface area contributed by atoms with Gasteiger partial charge in [-0.25, -0.2) is 0 Å². The van der Waals surface area contributed by atoms with Gasteiger partial charge in [0, 0.05) is 5.92 Å². The maximum atomic E-state index is 9.29. The summed E-state index contributed by atoms with van der Waals surface area (Å²) >= 11 is 0. The first-order valence-electron chi connectivity index (χ1n) is 3.87. The van der Waals surface area contributed by atoms with E-state index in [2.05, 4.69) is 0 Å². The molecular formula is C8H14O3. The molecule has 1 aliphatic rings. The fourth-order valence-electron chi connectivity index (χ4n) is 1.46. The molecule has 1 fully saturated rings. The van der Waals surface area contributed by atoms with Crippen molar-refractivity contribution in [1.29, 1.82) is 0 Å². The molecule has 1 saturated carbocycles. The Balaban J connectivity index is 2.40. The molecule has 0 bridgehead atoms. The van der Waals surface area contributed by atoms with E-state index in [1.807, 2.05) is 0 Å². The van der Waals surface area contributed by atoms with Crippen LogP contribution in [0.25, 0.3) is 0 Å². The molecule has 0 aromatic heterocycles. The van der Waals surface area contributed by atoms with E-state index in [0.717, 1.165) is 0 Å². The van der Waals surface area contributed by atoms with Crippen molar-refractivity contribution in [3.8, 4) is 0 Å². The molecule has 0 amide bonds. The molecule has 3 heteroatoms. The highest BCUT2D eigenvalue weighted by atomic mass is 16.3. The highest BCUT2D eigenvalue weighted by molar-refractivity contribution is 4.97. The zero-order valence-electron chi connectivity index (χ0n) is 6.35. The highest BCUT2D eigenvalue weighted by Gasteiger charge is 2.29. The minimum atomic E-state index is -0.437. The lowest BCUT2D eigenvalue weighted by Gasteiger charge is -2.06. The first kappa shape index (κ1) is 8.71. The van der Waals surface area contributed by atoms with E-state index in [9.17, 15) is 5.11 Å². The predicted octanol–water partition coefficient (Wildman–Crippen LogP) is -0.333. The lowest BCUT2D eigenvalue weighted by Crippen LogP contribution is -2.10. The molecule has 1 aliphatic carbocycles. The van der Waals surface area contributed by atoms with E-state index in [0.29, 0.717) is 12.8 Å². The summed E-state index contributed by atoms with van der Waals surface area (Å²) in [6.45, 7) is -0.000679. The molecule has 11 heavy (non-hydrogen) atoms. The van der Waals surface area contributed by atoms with Gasteiger partial charge < -0.3 is 15.3 Å². The number of hydrogen-bond donors (Lipinski definition) is 3. The molecular weight excluding hydrogens is 144 g/mol. The average Bonchev–Trinajstić information content (AvgIpc) is 2.26. The van der Waals surface area contributed by atoms with Gasteiger partial charge in [0.05, 0.1) is 18.8 Å². The van der Waals surface area contributed by atoms with Crippen LogP contribution >= 0.6 is 0 Å². The molecule has 3 nitrogen and oxygen atoms in total. The Hall–Kier alpha value is -0.380. The van der Waals surface area contributed by atoms with Crippen LogP contribution in [0, 0.1) is 5.92 Å². The SMILES string of the molecule is OC/C=C/[C@@H]1C[C@@H](O)C[C@H]1O. The Kier molecular flexibility index (Phi) is 3.05. The second kappa shape index (κ2) is 3.85. The Bertz CT molecular complexity index is 144. The summed E-state index contributed by atoms with van der Waals surface area (Å²) in [4.78, 5) is 0. The molecule has 1 rings (SSSR count). The van der Waals surface area contributed by atoms with E-state index < -0.39 is 6.10 Å². The van der Waals surface area contributed by atoms with Gasteiger partial charge in [-0.15, -0.1) is 0 Å². The summed E-state index contributed by atoms with van der Waals surface area (Å²) in [6.07, 6.45) is 3.62. The minimum Gasteiger partial charge on any atom is -0.393 e. The number of rotatable bonds is 2. The molecule has 0 saturated heterocycles. The molecule has 0 aliphatic heterocycles. The summed E-state index contributed by atoms with van der Waals surface area (Å²) in [6, 6.07) is 0. The van der Waals surface area contributed by atoms with Crippen molar-refractivity contribution in [2.75, 3.05) is 6.61 Å². The van der Waals surface area contributed by atoms with E-state index in [4.69, 9.17) is 10.2 Å². The monoisotopic (exact) mass is 158 g/mol. The van der Waals surface area contributed by atoms with Crippen molar-refractivity contribution in [2.24, 2.45) is 5.92 Å². The second-order valence-corrected chi connectivity index (χ2v) is 2.97. The average molecular weight is 158 g/mol. The molecule has 0 spiro atoms.